The maximum Gasteiger partial charge on any atom is 0.416 e. The molecule has 2 amide bonds. The summed E-state index contributed by atoms with van der Waals surface area (Å²) in [7, 11) is 0. The normalized spacial score (nSPS) is 21.3. The van der Waals surface area contributed by atoms with Crippen molar-refractivity contribution in [2.24, 2.45) is 10.3 Å². The second-order valence-corrected chi connectivity index (χ2v) is 6.50. The zero-order valence-corrected chi connectivity index (χ0v) is 14.4. The van der Waals surface area contributed by atoms with Crippen molar-refractivity contribution in [2.75, 3.05) is 4.90 Å². The van der Waals surface area contributed by atoms with Gasteiger partial charge in [-0.1, -0.05) is 17.4 Å². The Kier molecular flexibility index (Phi) is 4.32. The lowest BCUT2D eigenvalue weighted by molar-refractivity contribution is -0.137. The van der Waals surface area contributed by atoms with Crippen LogP contribution in [0.15, 0.2) is 52.8 Å². The van der Waals surface area contributed by atoms with E-state index in [4.69, 9.17) is 0 Å². The lowest BCUT2D eigenvalue weighted by atomic mass is 10.1. The van der Waals surface area contributed by atoms with Crippen molar-refractivity contribution in [1.82, 2.24) is 5.01 Å². The van der Waals surface area contributed by atoms with Gasteiger partial charge in [0.25, 0.3) is 11.8 Å². The number of amides is 2. The van der Waals surface area contributed by atoms with Gasteiger partial charge in [0.1, 0.15) is 0 Å². The van der Waals surface area contributed by atoms with Gasteiger partial charge in [-0.15, -0.1) is 0 Å². The lowest BCUT2D eigenvalue weighted by Gasteiger charge is -2.21. The van der Waals surface area contributed by atoms with Gasteiger partial charge < -0.3 is 0 Å². The zero-order valence-electron chi connectivity index (χ0n) is 14.4. The van der Waals surface area contributed by atoms with Crippen molar-refractivity contribution in [1.29, 1.82) is 0 Å². The fourth-order valence-electron chi connectivity index (χ4n) is 3.27. The van der Waals surface area contributed by atoms with Crippen molar-refractivity contribution in [3.8, 4) is 0 Å². The summed E-state index contributed by atoms with van der Waals surface area (Å²) in [6, 6.07) is 4.64. The zero-order chi connectivity index (χ0) is 20.9. The van der Waals surface area contributed by atoms with Gasteiger partial charge >= 0.3 is 6.18 Å². The van der Waals surface area contributed by atoms with Crippen LogP contribution >= 0.6 is 0 Å². The van der Waals surface area contributed by atoms with Gasteiger partial charge in [-0.05, 0) is 29.8 Å². The van der Waals surface area contributed by atoms with E-state index in [0.717, 1.165) is 29.3 Å². The third kappa shape index (κ3) is 3.22. The van der Waals surface area contributed by atoms with Gasteiger partial charge in [-0.3, -0.25) is 14.6 Å². The van der Waals surface area contributed by atoms with Crippen LogP contribution in [0.3, 0.4) is 0 Å². The summed E-state index contributed by atoms with van der Waals surface area (Å²) >= 11 is 0. The van der Waals surface area contributed by atoms with Crippen LogP contribution in [0, 0.1) is 11.6 Å². The number of imide groups is 1. The summed E-state index contributed by atoms with van der Waals surface area (Å²) in [6.07, 6.45) is -4.53. The second-order valence-electron chi connectivity index (χ2n) is 6.50. The Bertz CT molecular complexity index is 1040. The molecule has 2 aromatic carbocycles. The summed E-state index contributed by atoms with van der Waals surface area (Å²) in [5, 5.41) is 8.60. The first-order valence-electron chi connectivity index (χ1n) is 8.33. The molecule has 11 heteroatoms. The SMILES string of the molecule is O=C1[C@H]2N=NN(Cc3cccc(C(F)(F)F)c3)[C@H]2C(=O)N1c1ccc(F)c(F)c1. The average Bonchev–Trinajstić information content (AvgIpc) is 3.17. The van der Waals surface area contributed by atoms with Crippen LogP contribution in [0.2, 0.25) is 0 Å². The Morgan fingerprint density at radius 3 is 2.41 bits per heavy atom. The molecule has 0 spiro atoms. The molecule has 1 fully saturated rings. The largest absolute Gasteiger partial charge is 0.416 e. The second kappa shape index (κ2) is 6.61. The predicted molar refractivity (Wildman–Crippen MR) is 88.3 cm³/mol. The van der Waals surface area contributed by atoms with E-state index >= 15 is 0 Å². The molecule has 6 nitrogen and oxygen atoms in total. The minimum atomic E-state index is -4.53. The Hall–Kier alpha value is -3.37. The molecule has 150 valence electrons. The van der Waals surface area contributed by atoms with E-state index in [1.54, 1.807) is 0 Å². The summed E-state index contributed by atoms with van der Waals surface area (Å²) in [4.78, 5) is 26.0. The Labute approximate surface area is 160 Å². The van der Waals surface area contributed by atoms with Gasteiger partial charge in [0.2, 0.25) is 0 Å². The maximum absolute atomic E-state index is 13.5. The number of hydrogen-bond donors (Lipinski definition) is 0. The quantitative estimate of drug-likeness (QED) is 0.575. The number of carbonyl (C=O) groups is 2. The predicted octanol–water partition coefficient (Wildman–Crippen LogP) is 3.48. The molecule has 2 aliphatic heterocycles. The number of benzene rings is 2. The molecular formula is C18H11F5N4O2. The highest BCUT2D eigenvalue weighted by Crippen LogP contribution is 2.34. The van der Waals surface area contributed by atoms with Crippen LogP contribution in [0.5, 0.6) is 0 Å². The number of nitrogens with zero attached hydrogens (tertiary/aromatic N) is 4. The molecule has 2 aliphatic rings. The Morgan fingerprint density at radius 2 is 1.72 bits per heavy atom. The third-order valence-electron chi connectivity index (χ3n) is 4.62. The monoisotopic (exact) mass is 410 g/mol. The van der Waals surface area contributed by atoms with Gasteiger partial charge in [0.05, 0.1) is 17.8 Å². The van der Waals surface area contributed by atoms with Crippen molar-refractivity contribution in [2.45, 2.75) is 24.8 Å². The van der Waals surface area contributed by atoms with Gasteiger partial charge in [-0.25, -0.2) is 13.7 Å². The molecule has 0 bridgehead atoms. The Balaban J connectivity index is 1.59. The van der Waals surface area contributed by atoms with Crippen molar-refractivity contribution in [3.05, 3.63) is 65.2 Å². The fraction of sp³-hybridized carbons (Fsp3) is 0.222. The molecule has 0 N–H and O–H groups in total. The van der Waals surface area contributed by atoms with Gasteiger partial charge in [-0.2, -0.15) is 18.3 Å². The van der Waals surface area contributed by atoms with Gasteiger partial charge in [0.15, 0.2) is 23.7 Å². The molecule has 0 unspecified atom stereocenters. The smallest absolute Gasteiger partial charge is 0.271 e. The maximum atomic E-state index is 13.5. The van der Waals surface area contributed by atoms with Crippen LogP contribution < -0.4 is 4.90 Å². The lowest BCUT2D eigenvalue weighted by Crippen LogP contribution is -2.39. The van der Waals surface area contributed by atoms with Crippen molar-refractivity contribution >= 4 is 17.5 Å². The molecular weight excluding hydrogens is 399 g/mol. The first-order valence-corrected chi connectivity index (χ1v) is 8.33. The molecule has 0 saturated carbocycles. The number of fused-ring (bicyclic) bond motifs is 1. The van der Waals surface area contributed by atoms with E-state index in [1.165, 1.54) is 12.1 Å². The Morgan fingerprint density at radius 1 is 0.966 bits per heavy atom. The van der Waals surface area contributed by atoms with Crippen LogP contribution in [0.25, 0.3) is 0 Å². The van der Waals surface area contributed by atoms with E-state index in [1.807, 2.05) is 0 Å². The molecule has 2 atom stereocenters. The van der Waals surface area contributed by atoms with Crippen molar-refractivity contribution < 1.29 is 31.5 Å². The van der Waals surface area contributed by atoms with E-state index in [0.29, 0.717) is 11.0 Å². The highest BCUT2D eigenvalue weighted by atomic mass is 19.4. The molecule has 2 aromatic rings. The summed E-state index contributed by atoms with van der Waals surface area (Å²) in [5.41, 5.74) is -0.812. The fourth-order valence-corrected chi connectivity index (χ4v) is 3.27. The number of carbonyl (C=O) groups excluding carboxylic acids is 2. The molecule has 1 saturated heterocycles. The molecule has 0 aliphatic carbocycles. The number of rotatable bonds is 3. The molecule has 0 radical (unpaired) electrons. The summed E-state index contributed by atoms with van der Waals surface area (Å²) in [5.74, 6) is -3.93. The summed E-state index contributed by atoms with van der Waals surface area (Å²) in [6.45, 7) is -0.195. The van der Waals surface area contributed by atoms with E-state index in [9.17, 15) is 31.5 Å². The third-order valence-corrected chi connectivity index (χ3v) is 4.62. The topological polar surface area (TPSA) is 65.3 Å². The highest BCUT2D eigenvalue weighted by molar-refractivity contribution is 6.25. The van der Waals surface area contributed by atoms with Crippen LogP contribution in [-0.2, 0) is 22.3 Å². The van der Waals surface area contributed by atoms with Crippen molar-refractivity contribution in [3.63, 3.8) is 0 Å². The van der Waals surface area contributed by atoms with Gasteiger partial charge in [0, 0.05) is 6.07 Å². The van der Waals surface area contributed by atoms with Crippen LogP contribution in [0.1, 0.15) is 11.1 Å². The average molecular weight is 410 g/mol. The van der Waals surface area contributed by atoms with Crippen LogP contribution in [-0.4, -0.2) is 28.9 Å². The molecule has 2 heterocycles. The first-order chi connectivity index (χ1) is 13.7. The van der Waals surface area contributed by atoms with E-state index < -0.39 is 47.3 Å². The number of alkyl halides is 3. The molecule has 29 heavy (non-hydrogen) atoms. The standard InChI is InChI=1S/C18H11F5N4O2/c19-12-5-4-11(7-13(12)20)27-16(28)14-15(17(27)29)26(25-24-14)8-9-2-1-3-10(6-9)18(21,22)23/h1-7,14-15H,8H2/t14-,15+/m0/s1. The van der Waals surface area contributed by atoms with E-state index in [-0.39, 0.29) is 17.8 Å². The first kappa shape index (κ1) is 19.0. The van der Waals surface area contributed by atoms with Crippen LogP contribution in [0.4, 0.5) is 27.6 Å². The summed E-state index contributed by atoms with van der Waals surface area (Å²) < 4.78 is 65.3. The minimum absolute atomic E-state index is 0.164. The minimum Gasteiger partial charge on any atom is -0.271 e. The molecule has 0 aromatic heterocycles. The molecule has 4 rings (SSSR count). The van der Waals surface area contributed by atoms with E-state index in [2.05, 4.69) is 10.3 Å². The number of halogens is 5. The number of anilines is 1. The number of hydrogen-bond acceptors (Lipinski definition) is 5. The highest BCUT2D eigenvalue weighted by Gasteiger charge is 2.54.